The molecule has 3 rings (SSSR count). The largest absolute Gasteiger partial charge is 0.394 e. The summed E-state index contributed by atoms with van der Waals surface area (Å²) in [5, 5.41) is 51.0. The Morgan fingerprint density at radius 3 is 2.36 bits per heavy atom. The number of aromatic nitrogens is 4. The summed E-state index contributed by atoms with van der Waals surface area (Å²) in [4.78, 5) is 1.36. The Labute approximate surface area is 144 Å². The fraction of sp³-hybridized carbons (Fsp3) is 0.562. The van der Waals surface area contributed by atoms with Gasteiger partial charge in [0.2, 0.25) is 5.82 Å². The zero-order valence-electron chi connectivity index (χ0n) is 13.8. The van der Waals surface area contributed by atoms with Gasteiger partial charge in [0.05, 0.1) is 13.2 Å². The molecule has 1 saturated heterocycles. The van der Waals surface area contributed by atoms with E-state index in [1.807, 2.05) is 24.3 Å². The molecule has 1 fully saturated rings. The summed E-state index contributed by atoms with van der Waals surface area (Å²) in [5.41, 5.74) is 2.23. The number of tetrazole rings is 1. The topological polar surface area (TPSA) is 134 Å². The number of aliphatic hydroxyl groups is 4. The van der Waals surface area contributed by atoms with Crippen molar-refractivity contribution in [1.82, 2.24) is 20.2 Å². The van der Waals surface area contributed by atoms with Gasteiger partial charge in [-0.15, -0.1) is 10.2 Å². The molecular formula is C16H22N4O5. The average molecular weight is 350 g/mol. The summed E-state index contributed by atoms with van der Waals surface area (Å²) in [6.07, 6.45) is -5.42. The molecule has 0 spiro atoms. The van der Waals surface area contributed by atoms with Crippen molar-refractivity contribution in [3.63, 3.8) is 0 Å². The molecule has 9 heteroatoms. The van der Waals surface area contributed by atoms with Crippen molar-refractivity contribution in [1.29, 1.82) is 0 Å². The highest BCUT2D eigenvalue weighted by molar-refractivity contribution is 5.22. The average Bonchev–Trinajstić information content (AvgIpc) is 3.09. The Bertz CT molecular complexity index is 690. The molecule has 0 aliphatic carbocycles. The zero-order valence-corrected chi connectivity index (χ0v) is 13.8. The van der Waals surface area contributed by atoms with Crippen LogP contribution < -0.4 is 0 Å². The Morgan fingerprint density at radius 1 is 1.04 bits per heavy atom. The third-order valence-electron chi connectivity index (χ3n) is 4.37. The lowest BCUT2D eigenvalue weighted by Crippen LogP contribution is -2.55. The third-order valence-corrected chi connectivity index (χ3v) is 4.37. The fourth-order valence-electron chi connectivity index (χ4n) is 2.80. The number of hydrogen-bond donors (Lipinski definition) is 4. The van der Waals surface area contributed by atoms with Crippen molar-refractivity contribution in [2.24, 2.45) is 0 Å². The first-order chi connectivity index (χ1) is 12.0. The monoisotopic (exact) mass is 350 g/mol. The highest BCUT2D eigenvalue weighted by Gasteiger charge is 2.45. The molecule has 4 N–H and O–H groups in total. The molecule has 9 nitrogen and oxygen atoms in total. The van der Waals surface area contributed by atoms with Crippen molar-refractivity contribution >= 4 is 0 Å². The quantitative estimate of drug-likeness (QED) is 0.528. The van der Waals surface area contributed by atoms with Gasteiger partial charge in [-0.25, -0.2) is 0 Å². The Hall–Kier alpha value is -1.91. The Kier molecular flexibility index (Phi) is 5.40. The molecule has 136 valence electrons. The van der Waals surface area contributed by atoms with E-state index in [9.17, 15) is 20.4 Å². The highest BCUT2D eigenvalue weighted by Crippen LogP contribution is 2.30. The van der Waals surface area contributed by atoms with Gasteiger partial charge in [0.1, 0.15) is 30.5 Å². The summed E-state index contributed by atoms with van der Waals surface area (Å²) >= 11 is 0. The van der Waals surface area contributed by atoms with Crippen LogP contribution >= 0.6 is 0 Å². The molecule has 1 aliphatic heterocycles. The van der Waals surface area contributed by atoms with Crippen LogP contribution in [0.25, 0.3) is 0 Å². The summed E-state index contributed by atoms with van der Waals surface area (Å²) in [7, 11) is 0. The molecule has 0 saturated carbocycles. The van der Waals surface area contributed by atoms with E-state index >= 15 is 0 Å². The Balaban J connectivity index is 1.73. The first kappa shape index (κ1) is 17.9. The lowest BCUT2D eigenvalue weighted by molar-refractivity contribution is -0.233. The third kappa shape index (κ3) is 3.70. The molecule has 5 atom stereocenters. The van der Waals surface area contributed by atoms with Gasteiger partial charge in [-0.05, 0) is 22.8 Å². The van der Waals surface area contributed by atoms with Crippen LogP contribution in [0.3, 0.4) is 0 Å². The lowest BCUT2D eigenvalue weighted by Gasteiger charge is -2.38. The second-order valence-electron chi connectivity index (χ2n) is 6.10. The molecule has 0 amide bonds. The van der Waals surface area contributed by atoms with Crippen LogP contribution in [-0.4, -0.2) is 71.7 Å². The van der Waals surface area contributed by atoms with E-state index < -0.39 is 37.1 Å². The van der Waals surface area contributed by atoms with Gasteiger partial charge < -0.3 is 25.2 Å². The summed E-state index contributed by atoms with van der Waals surface area (Å²) < 4.78 is 5.42. The molecular weight excluding hydrogens is 328 g/mol. The lowest BCUT2D eigenvalue weighted by atomic mass is 9.95. The summed E-state index contributed by atoms with van der Waals surface area (Å²) in [5.74, 6) is 0.0853. The van der Waals surface area contributed by atoms with Crippen molar-refractivity contribution in [3.05, 3.63) is 41.2 Å². The minimum absolute atomic E-state index is 0.0853. The first-order valence-corrected chi connectivity index (χ1v) is 8.19. The molecule has 1 aliphatic rings. The van der Waals surface area contributed by atoms with Crippen molar-refractivity contribution < 1.29 is 25.2 Å². The molecule has 0 bridgehead atoms. The molecule has 1 aromatic carbocycles. The molecule has 2 heterocycles. The smallest absolute Gasteiger partial charge is 0.206 e. The summed E-state index contributed by atoms with van der Waals surface area (Å²) in [6.45, 7) is 1.98. The predicted octanol–water partition coefficient (Wildman–Crippen LogP) is -1.20. The second kappa shape index (κ2) is 7.54. The fourth-order valence-corrected chi connectivity index (χ4v) is 2.80. The van der Waals surface area contributed by atoms with Crippen LogP contribution in [0.5, 0.6) is 0 Å². The maximum absolute atomic E-state index is 10.1. The van der Waals surface area contributed by atoms with Crippen LogP contribution in [0.2, 0.25) is 0 Å². The maximum atomic E-state index is 10.1. The van der Waals surface area contributed by atoms with E-state index in [0.717, 1.165) is 12.0 Å². The van der Waals surface area contributed by atoms with Crippen molar-refractivity contribution in [3.8, 4) is 0 Å². The number of ether oxygens (including phenoxy) is 1. The van der Waals surface area contributed by atoms with Crippen LogP contribution in [-0.2, 0) is 17.7 Å². The normalized spacial score (nSPS) is 29.7. The Morgan fingerprint density at radius 2 is 1.72 bits per heavy atom. The molecule has 0 radical (unpaired) electrons. The van der Waals surface area contributed by atoms with Crippen molar-refractivity contribution in [2.75, 3.05) is 6.61 Å². The van der Waals surface area contributed by atoms with E-state index in [1.54, 1.807) is 0 Å². The van der Waals surface area contributed by atoms with Gasteiger partial charge in [0, 0.05) is 0 Å². The number of benzene rings is 1. The van der Waals surface area contributed by atoms with Gasteiger partial charge >= 0.3 is 0 Å². The minimum Gasteiger partial charge on any atom is -0.394 e. The molecule has 1 aromatic heterocycles. The van der Waals surface area contributed by atoms with E-state index in [4.69, 9.17) is 4.74 Å². The predicted molar refractivity (Wildman–Crippen MR) is 85.5 cm³/mol. The van der Waals surface area contributed by atoms with Crippen LogP contribution in [0.1, 0.15) is 30.0 Å². The molecule has 2 aromatic rings. The molecule has 1 unspecified atom stereocenters. The zero-order chi connectivity index (χ0) is 18.0. The second-order valence-corrected chi connectivity index (χ2v) is 6.10. The standard InChI is InChI=1S/C16H22N4O5/c1-2-9-3-5-10(6-4-9)7-20-18-16(17-19-20)15-14(24)13(23)12(22)11(8-21)25-15/h3-6,11-15,21-24H,2,7-8H2,1H3/t11-,12-,13?,14-,15-/m1/s1. The summed E-state index contributed by atoms with van der Waals surface area (Å²) in [6, 6.07) is 8.03. The number of aliphatic hydroxyl groups excluding tert-OH is 4. The number of aryl methyl sites for hydroxylation is 1. The van der Waals surface area contributed by atoms with Gasteiger partial charge in [-0.2, -0.15) is 4.80 Å². The van der Waals surface area contributed by atoms with E-state index in [1.165, 1.54) is 10.4 Å². The van der Waals surface area contributed by atoms with E-state index in [0.29, 0.717) is 6.54 Å². The van der Waals surface area contributed by atoms with E-state index in [2.05, 4.69) is 22.3 Å². The van der Waals surface area contributed by atoms with Gasteiger partial charge in [0.15, 0.2) is 0 Å². The van der Waals surface area contributed by atoms with E-state index in [-0.39, 0.29) is 5.82 Å². The maximum Gasteiger partial charge on any atom is 0.206 e. The van der Waals surface area contributed by atoms with Gasteiger partial charge in [0.25, 0.3) is 0 Å². The number of rotatable bonds is 5. The van der Waals surface area contributed by atoms with Gasteiger partial charge in [-0.3, -0.25) is 0 Å². The molecule has 25 heavy (non-hydrogen) atoms. The SMILES string of the molecule is CCc1ccc(Cn2nnc([C@@H]3O[C@H](CO)[C@@H](O)C(O)[C@H]3O)n2)cc1. The number of hydrogen-bond acceptors (Lipinski definition) is 8. The van der Waals surface area contributed by atoms with Crippen LogP contribution in [0, 0.1) is 0 Å². The van der Waals surface area contributed by atoms with Gasteiger partial charge in [-0.1, -0.05) is 31.2 Å². The number of nitrogens with zero attached hydrogens (tertiary/aromatic N) is 4. The van der Waals surface area contributed by atoms with Crippen LogP contribution in [0.15, 0.2) is 24.3 Å². The minimum atomic E-state index is -1.47. The highest BCUT2D eigenvalue weighted by atomic mass is 16.5. The van der Waals surface area contributed by atoms with Crippen LogP contribution in [0.4, 0.5) is 0 Å². The van der Waals surface area contributed by atoms with Crippen molar-refractivity contribution in [2.45, 2.75) is 50.4 Å². The first-order valence-electron chi connectivity index (χ1n) is 8.19.